The van der Waals surface area contributed by atoms with E-state index >= 15 is 0 Å². The van der Waals surface area contributed by atoms with Crippen LogP contribution in [-0.2, 0) is 0 Å². The molecule has 0 radical (unpaired) electrons. The quantitative estimate of drug-likeness (QED) is 0.677. The van der Waals surface area contributed by atoms with Crippen LogP contribution < -0.4 is 5.73 Å². The van der Waals surface area contributed by atoms with Crippen LogP contribution in [-0.4, -0.2) is 15.0 Å². The highest BCUT2D eigenvalue weighted by Gasteiger charge is 2.03. The molecule has 0 saturated heterocycles. The zero-order valence-electron chi connectivity index (χ0n) is 7.59. The van der Waals surface area contributed by atoms with Crippen molar-refractivity contribution in [2.75, 3.05) is 5.73 Å². The standard InChI is InChI=1S/C9H7BrN4S/c10-6-5-7(11)14-9(13-6)15-8-3-1-2-4-12-8/h1-5H,(H2,11,13,14). The Morgan fingerprint density at radius 3 is 2.80 bits per heavy atom. The van der Waals surface area contributed by atoms with Crippen LogP contribution >= 0.6 is 27.7 Å². The lowest BCUT2D eigenvalue weighted by Gasteiger charge is -2.00. The molecule has 0 saturated carbocycles. The van der Waals surface area contributed by atoms with Crippen molar-refractivity contribution in [3.8, 4) is 0 Å². The number of pyridine rings is 1. The molecule has 0 aromatic carbocycles. The van der Waals surface area contributed by atoms with Gasteiger partial charge in [-0.2, -0.15) is 0 Å². The number of rotatable bonds is 2. The topological polar surface area (TPSA) is 64.7 Å². The molecule has 0 bridgehead atoms. The van der Waals surface area contributed by atoms with Gasteiger partial charge in [0.1, 0.15) is 15.4 Å². The SMILES string of the molecule is Nc1cc(Br)nc(Sc2ccccn2)n1. The predicted octanol–water partition coefficient (Wildman–Crippen LogP) is 2.37. The highest BCUT2D eigenvalue weighted by atomic mass is 79.9. The molecule has 2 aromatic heterocycles. The summed E-state index contributed by atoms with van der Waals surface area (Å²) in [7, 11) is 0. The van der Waals surface area contributed by atoms with E-state index in [1.165, 1.54) is 11.8 Å². The third kappa shape index (κ3) is 2.90. The highest BCUT2D eigenvalue weighted by Crippen LogP contribution is 2.24. The lowest BCUT2D eigenvalue weighted by molar-refractivity contribution is 0.951. The van der Waals surface area contributed by atoms with Gasteiger partial charge in [-0.15, -0.1) is 0 Å². The molecule has 2 aromatic rings. The number of nitrogens with two attached hydrogens (primary N) is 1. The fourth-order valence-electron chi connectivity index (χ4n) is 0.960. The lowest BCUT2D eigenvalue weighted by Crippen LogP contribution is -1.94. The van der Waals surface area contributed by atoms with Gasteiger partial charge in [-0.3, -0.25) is 0 Å². The second-order valence-electron chi connectivity index (χ2n) is 2.67. The molecule has 15 heavy (non-hydrogen) atoms. The van der Waals surface area contributed by atoms with E-state index in [4.69, 9.17) is 5.73 Å². The molecule has 2 N–H and O–H groups in total. The maximum atomic E-state index is 5.60. The molecule has 0 aliphatic heterocycles. The first kappa shape index (κ1) is 10.4. The lowest BCUT2D eigenvalue weighted by atomic mass is 10.5. The second kappa shape index (κ2) is 4.59. The van der Waals surface area contributed by atoms with Crippen molar-refractivity contribution in [3.63, 3.8) is 0 Å². The maximum Gasteiger partial charge on any atom is 0.196 e. The minimum absolute atomic E-state index is 0.440. The summed E-state index contributed by atoms with van der Waals surface area (Å²) in [6.07, 6.45) is 1.73. The summed E-state index contributed by atoms with van der Waals surface area (Å²) in [5, 5.41) is 1.43. The Labute approximate surface area is 99.5 Å². The molecular weight excluding hydrogens is 276 g/mol. The Morgan fingerprint density at radius 2 is 2.13 bits per heavy atom. The largest absolute Gasteiger partial charge is 0.384 e. The molecule has 0 fully saturated rings. The Kier molecular flexibility index (Phi) is 3.17. The van der Waals surface area contributed by atoms with Gasteiger partial charge in [0, 0.05) is 12.3 Å². The third-order valence-electron chi connectivity index (χ3n) is 1.53. The fraction of sp³-hybridized carbons (Fsp3) is 0. The van der Waals surface area contributed by atoms with Crippen LogP contribution in [0.15, 0.2) is 45.2 Å². The van der Waals surface area contributed by atoms with E-state index in [0.29, 0.717) is 15.6 Å². The third-order valence-corrected chi connectivity index (χ3v) is 2.75. The van der Waals surface area contributed by atoms with Crippen molar-refractivity contribution < 1.29 is 0 Å². The number of halogens is 1. The summed E-state index contributed by atoms with van der Waals surface area (Å²) in [6, 6.07) is 7.32. The van der Waals surface area contributed by atoms with Crippen LogP contribution in [0.1, 0.15) is 0 Å². The number of aromatic nitrogens is 3. The van der Waals surface area contributed by atoms with E-state index in [2.05, 4.69) is 30.9 Å². The van der Waals surface area contributed by atoms with Gasteiger partial charge in [0.2, 0.25) is 0 Å². The summed E-state index contributed by atoms with van der Waals surface area (Å²) in [6.45, 7) is 0. The van der Waals surface area contributed by atoms with Crippen molar-refractivity contribution in [2.24, 2.45) is 0 Å². The number of anilines is 1. The molecular formula is C9H7BrN4S. The highest BCUT2D eigenvalue weighted by molar-refractivity contribution is 9.10. The van der Waals surface area contributed by atoms with Crippen molar-refractivity contribution >= 4 is 33.5 Å². The fourth-order valence-corrected chi connectivity index (χ4v) is 2.22. The Bertz CT molecular complexity index is 443. The number of nitrogen functional groups attached to an aromatic ring is 1. The molecule has 76 valence electrons. The van der Waals surface area contributed by atoms with Crippen molar-refractivity contribution in [1.29, 1.82) is 0 Å². The minimum Gasteiger partial charge on any atom is -0.384 e. The first-order valence-electron chi connectivity index (χ1n) is 4.13. The summed E-state index contributed by atoms with van der Waals surface area (Å²) in [5.74, 6) is 0.440. The molecule has 0 amide bonds. The first-order valence-corrected chi connectivity index (χ1v) is 5.74. The predicted molar refractivity (Wildman–Crippen MR) is 62.5 cm³/mol. The van der Waals surface area contributed by atoms with E-state index in [1.807, 2.05) is 18.2 Å². The van der Waals surface area contributed by atoms with Gasteiger partial charge in [0.15, 0.2) is 5.16 Å². The van der Waals surface area contributed by atoms with Crippen LogP contribution in [0.25, 0.3) is 0 Å². The summed E-state index contributed by atoms with van der Waals surface area (Å²) in [4.78, 5) is 12.4. The molecule has 0 unspecified atom stereocenters. The molecule has 0 aliphatic rings. The van der Waals surface area contributed by atoms with Crippen LogP contribution in [0, 0.1) is 0 Å². The van der Waals surface area contributed by atoms with Gasteiger partial charge in [-0.1, -0.05) is 6.07 Å². The molecule has 2 rings (SSSR count). The second-order valence-corrected chi connectivity index (χ2v) is 4.47. The van der Waals surface area contributed by atoms with Gasteiger partial charge in [-0.25, -0.2) is 15.0 Å². The zero-order valence-corrected chi connectivity index (χ0v) is 9.99. The molecule has 4 nitrogen and oxygen atoms in total. The number of hydrogen-bond donors (Lipinski definition) is 1. The van der Waals surface area contributed by atoms with Gasteiger partial charge >= 0.3 is 0 Å². The van der Waals surface area contributed by atoms with E-state index < -0.39 is 0 Å². The van der Waals surface area contributed by atoms with Crippen molar-refractivity contribution in [1.82, 2.24) is 15.0 Å². The summed E-state index contributed by atoms with van der Waals surface area (Å²) >= 11 is 4.63. The Morgan fingerprint density at radius 1 is 1.27 bits per heavy atom. The molecule has 0 atom stereocenters. The normalized spacial score (nSPS) is 10.2. The van der Waals surface area contributed by atoms with E-state index in [1.54, 1.807) is 12.3 Å². The Balaban J connectivity index is 2.25. The zero-order chi connectivity index (χ0) is 10.7. The monoisotopic (exact) mass is 282 g/mol. The average Bonchev–Trinajstić information content (AvgIpc) is 2.17. The van der Waals surface area contributed by atoms with Gasteiger partial charge < -0.3 is 5.73 Å². The first-order chi connectivity index (χ1) is 7.24. The van der Waals surface area contributed by atoms with Crippen LogP contribution in [0.2, 0.25) is 0 Å². The number of hydrogen-bond acceptors (Lipinski definition) is 5. The summed E-state index contributed by atoms with van der Waals surface area (Å²) < 4.78 is 0.674. The molecule has 6 heteroatoms. The molecule has 2 heterocycles. The molecule has 0 aliphatic carbocycles. The van der Waals surface area contributed by atoms with E-state index in [9.17, 15) is 0 Å². The van der Waals surface area contributed by atoms with Crippen LogP contribution in [0.3, 0.4) is 0 Å². The van der Waals surface area contributed by atoms with Crippen molar-refractivity contribution in [3.05, 3.63) is 35.1 Å². The minimum atomic E-state index is 0.440. The smallest absolute Gasteiger partial charge is 0.196 e. The van der Waals surface area contributed by atoms with Gasteiger partial charge in [0.25, 0.3) is 0 Å². The number of nitrogens with zero attached hydrogens (tertiary/aromatic N) is 3. The van der Waals surface area contributed by atoms with E-state index in [-0.39, 0.29) is 0 Å². The maximum absolute atomic E-state index is 5.60. The van der Waals surface area contributed by atoms with E-state index in [0.717, 1.165) is 5.03 Å². The Hall–Kier alpha value is -1.14. The molecule has 0 spiro atoms. The van der Waals surface area contributed by atoms with Gasteiger partial charge in [-0.05, 0) is 39.8 Å². The van der Waals surface area contributed by atoms with Gasteiger partial charge in [0.05, 0.1) is 0 Å². The van der Waals surface area contributed by atoms with Crippen molar-refractivity contribution in [2.45, 2.75) is 10.2 Å². The van der Waals surface area contributed by atoms with Crippen LogP contribution in [0.4, 0.5) is 5.82 Å². The van der Waals surface area contributed by atoms with Crippen LogP contribution in [0.5, 0.6) is 0 Å². The summed E-state index contributed by atoms with van der Waals surface area (Å²) in [5.41, 5.74) is 5.60. The average molecular weight is 283 g/mol.